The van der Waals surface area contributed by atoms with Crippen molar-refractivity contribution in [3.05, 3.63) is 65.5 Å². The summed E-state index contributed by atoms with van der Waals surface area (Å²) in [6.45, 7) is 2.96. The lowest BCUT2D eigenvalue weighted by Crippen LogP contribution is -2.50. The van der Waals surface area contributed by atoms with Crippen LogP contribution in [0.1, 0.15) is 47.4 Å². The van der Waals surface area contributed by atoms with E-state index in [4.69, 9.17) is 0 Å². The van der Waals surface area contributed by atoms with Crippen LogP contribution < -0.4 is 0 Å². The van der Waals surface area contributed by atoms with Gasteiger partial charge in [-0.25, -0.2) is 4.98 Å². The first kappa shape index (κ1) is 17.2. The molecule has 2 unspecified atom stereocenters. The lowest BCUT2D eigenvalue weighted by molar-refractivity contribution is 0.0473. The SMILES string of the molecule is Cc1cccc(C(=O)N(C)C2CC3CCC(C2)N3Cc2ccccc2)n1. The molecule has 26 heavy (non-hydrogen) atoms. The van der Waals surface area contributed by atoms with Crippen LogP contribution in [0.3, 0.4) is 0 Å². The molecule has 0 aliphatic carbocycles. The van der Waals surface area contributed by atoms with Crippen molar-refractivity contribution >= 4 is 5.91 Å². The van der Waals surface area contributed by atoms with E-state index in [9.17, 15) is 4.79 Å². The van der Waals surface area contributed by atoms with E-state index in [0.29, 0.717) is 23.8 Å². The standard InChI is InChI=1S/C22H27N3O/c1-16-7-6-10-21(23-16)22(26)24(2)20-13-18-11-12-19(14-20)25(18)15-17-8-4-3-5-9-17/h3-10,18-20H,11-15H2,1-2H3. The van der Waals surface area contributed by atoms with Gasteiger partial charge in [-0.1, -0.05) is 36.4 Å². The average molecular weight is 349 g/mol. The molecule has 0 N–H and O–H groups in total. The van der Waals surface area contributed by atoms with Crippen molar-refractivity contribution in [3.8, 4) is 0 Å². The molecule has 2 atom stereocenters. The van der Waals surface area contributed by atoms with Gasteiger partial charge in [0, 0.05) is 37.4 Å². The van der Waals surface area contributed by atoms with Crippen molar-refractivity contribution in [2.24, 2.45) is 0 Å². The second-order valence-corrected chi connectivity index (χ2v) is 7.75. The van der Waals surface area contributed by atoms with Crippen molar-refractivity contribution in [1.82, 2.24) is 14.8 Å². The summed E-state index contributed by atoms with van der Waals surface area (Å²) in [6, 6.07) is 17.9. The van der Waals surface area contributed by atoms with Gasteiger partial charge in [-0.2, -0.15) is 0 Å². The number of aromatic nitrogens is 1. The molecule has 2 aromatic rings. The summed E-state index contributed by atoms with van der Waals surface area (Å²) in [5, 5.41) is 0. The highest BCUT2D eigenvalue weighted by molar-refractivity contribution is 5.92. The number of rotatable bonds is 4. The fourth-order valence-corrected chi connectivity index (χ4v) is 4.62. The van der Waals surface area contributed by atoms with E-state index >= 15 is 0 Å². The molecule has 0 saturated carbocycles. The summed E-state index contributed by atoms with van der Waals surface area (Å²) in [6.07, 6.45) is 4.63. The van der Waals surface area contributed by atoms with Gasteiger partial charge in [-0.3, -0.25) is 9.69 Å². The zero-order valence-electron chi connectivity index (χ0n) is 15.6. The Morgan fingerprint density at radius 2 is 1.77 bits per heavy atom. The Hall–Kier alpha value is -2.20. The molecule has 3 heterocycles. The maximum Gasteiger partial charge on any atom is 0.272 e. The number of aryl methyl sites for hydroxylation is 1. The molecule has 2 aliphatic heterocycles. The minimum Gasteiger partial charge on any atom is -0.337 e. The first-order chi connectivity index (χ1) is 12.6. The summed E-state index contributed by atoms with van der Waals surface area (Å²) < 4.78 is 0. The molecule has 1 amide bonds. The Morgan fingerprint density at radius 1 is 1.08 bits per heavy atom. The molecular formula is C22H27N3O. The Balaban J connectivity index is 1.44. The molecule has 4 rings (SSSR count). The highest BCUT2D eigenvalue weighted by Gasteiger charge is 2.42. The molecule has 0 spiro atoms. The normalized spacial score (nSPS) is 25.2. The highest BCUT2D eigenvalue weighted by Crippen LogP contribution is 2.38. The maximum absolute atomic E-state index is 12.9. The number of amides is 1. The van der Waals surface area contributed by atoms with E-state index in [1.54, 1.807) is 0 Å². The number of carbonyl (C=O) groups is 1. The van der Waals surface area contributed by atoms with E-state index in [1.165, 1.54) is 18.4 Å². The number of nitrogens with zero attached hydrogens (tertiary/aromatic N) is 3. The van der Waals surface area contributed by atoms with Crippen LogP contribution in [-0.2, 0) is 6.54 Å². The zero-order valence-corrected chi connectivity index (χ0v) is 15.6. The Kier molecular flexibility index (Phi) is 4.77. The monoisotopic (exact) mass is 349 g/mol. The van der Waals surface area contributed by atoms with Crippen molar-refractivity contribution in [2.45, 2.75) is 57.3 Å². The summed E-state index contributed by atoms with van der Waals surface area (Å²) in [4.78, 5) is 21.9. The molecule has 4 heteroatoms. The third-order valence-electron chi connectivity index (χ3n) is 6.04. The van der Waals surface area contributed by atoms with Gasteiger partial charge >= 0.3 is 0 Å². The number of fused-ring (bicyclic) bond motifs is 2. The molecule has 4 nitrogen and oxygen atoms in total. The topological polar surface area (TPSA) is 36.4 Å². The van der Waals surface area contributed by atoms with Crippen molar-refractivity contribution < 1.29 is 4.79 Å². The van der Waals surface area contributed by atoms with Gasteiger partial charge in [0.05, 0.1) is 0 Å². The van der Waals surface area contributed by atoms with Gasteiger partial charge < -0.3 is 4.90 Å². The third-order valence-corrected chi connectivity index (χ3v) is 6.04. The summed E-state index contributed by atoms with van der Waals surface area (Å²) in [7, 11) is 1.95. The molecule has 1 aromatic carbocycles. The number of benzene rings is 1. The molecule has 0 radical (unpaired) electrons. The summed E-state index contributed by atoms with van der Waals surface area (Å²) in [5.41, 5.74) is 2.84. The first-order valence-electron chi connectivity index (χ1n) is 9.62. The molecule has 2 fully saturated rings. The molecular weight excluding hydrogens is 322 g/mol. The summed E-state index contributed by atoms with van der Waals surface area (Å²) >= 11 is 0. The number of hydrogen-bond acceptors (Lipinski definition) is 3. The van der Waals surface area contributed by atoms with E-state index < -0.39 is 0 Å². The predicted molar refractivity (Wildman–Crippen MR) is 103 cm³/mol. The first-order valence-corrected chi connectivity index (χ1v) is 9.62. The Bertz CT molecular complexity index is 762. The van der Waals surface area contributed by atoms with Crippen LogP contribution >= 0.6 is 0 Å². The van der Waals surface area contributed by atoms with Gasteiger partial charge in [0.1, 0.15) is 5.69 Å². The van der Waals surface area contributed by atoms with Crippen LogP contribution in [0.4, 0.5) is 0 Å². The van der Waals surface area contributed by atoms with Gasteiger partial charge in [-0.05, 0) is 50.3 Å². The number of piperidine rings is 1. The van der Waals surface area contributed by atoms with Crippen LogP contribution in [0, 0.1) is 6.92 Å². The summed E-state index contributed by atoms with van der Waals surface area (Å²) in [5.74, 6) is 0.0506. The van der Waals surface area contributed by atoms with Gasteiger partial charge in [0.25, 0.3) is 5.91 Å². The molecule has 136 valence electrons. The van der Waals surface area contributed by atoms with Crippen LogP contribution in [0.15, 0.2) is 48.5 Å². The van der Waals surface area contributed by atoms with E-state index in [0.717, 1.165) is 25.1 Å². The van der Waals surface area contributed by atoms with Crippen LogP contribution in [0.2, 0.25) is 0 Å². The Morgan fingerprint density at radius 3 is 2.42 bits per heavy atom. The molecule has 2 saturated heterocycles. The quantitative estimate of drug-likeness (QED) is 0.845. The largest absolute Gasteiger partial charge is 0.337 e. The maximum atomic E-state index is 12.9. The molecule has 2 aliphatic rings. The van der Waals surface area contributed by atoms with Gasteiger partial charge in [-0.15, -0.1) is 0 Å². The van der Waals surface area contributed by atoms with Crippen LogP contribution in [0.5, 0.6) is 0 Å². The van der Waals surface area contributed by atoms with Crippen molar-refractivity contribution in [2.75, 3.05) is 7.05 Å². The van der Waals surface area contributed by atoms with Crippen LogP contribution in [-0.4, -0.2) is 45.9 Å². The fraction of sp³-hybridized carbons (Fsp3) is 0.455. The predicted octanol–water partition coefficient (Wildman–Crippen LogP) is 3.66. The van der Waals surface area contributed by atoms with Crippen molar-refractivity contribution in [3.63, 3.8) is 0 Å². The average Bonchev–Trinajstić information content (AvgIpc) is 2.89. The van der Waals surface area contributed by atoms with Crippen molar-refractivity contribution in [1.29, 1.82) is 0 Å². The zero-order chi connectivity index (χ0) is 18.1. The van der Waals surface area contributed by atoms with E-state index in [-0.39, 0.29) is 5.91 Å². The molecule has 1 aromatic heterocycles. The van der Waals surface area contributed by atoms with E-state index in [1.807, 2.05) is 37.1 Å². The lowest BCUT2D eigenvalue weighted by atomic mass is 9.95. The number of pyridine rings is 1. The van der Waals surface area contributed by atoms with Gasteiger partial charge in [0.15, 0.2) is 0 Å². The number of carbonyl (C=O) groups excluding carboxylic acids is 1. The van der Waals surface area contributed by atoms with E-state index in [2.05, 4.69) is 40.2 Å². The second-order valence-electron chi connectivity index (χ2n) is 7.75. The number of hydrogen-bond donors (Lipinski definition) is 0. The second kappa shape index (κ2) is 7.20. The molecule has 2 bridgehead atoms. The van der Waals surface area contributed by atoms with Gasteiger partial charge in [0.2, 0.25) is 0 Å². The minimum absolute atomic E-state index is 0.0506. The Labute approximate surface area is 155 Å². The van der Waals surface area contributed by atoms with Crippen LogP contribution in [0.25, 0.3) is 0 Å². The highest BCUT2D eigenvalue weighted by atomic mass is 16.2. The fourth-order valence-electron chi connectivity index (χ4n) is 4.62. The smallest absolute Gasteiger partial charge is 0.272 e. The minimum atomic E-state index is 0.0506. The third kappa shape index (κ3) is 3.38. The lowest BCUT2D eigenvalue weighted by Gasteiger charge is -2.42.